The Morgan fingerprint density at radius 1 is 1.11 bits per heavy atom. The predicted molar refractivity (Wildman–Crippen MR) is 107 cm³/mol. The zero-order chi connectivity index (χ0) is 20.0. The molecule has 2 aliphatic carbocycles. The fourth-order valence-electron chi connectivity index (χ4n) is 5.84. The molecule has 1 fully saturated rings. The summed E-state index contributed by atoms with van der Waals surface area (Å²) < 4.78 is 17.2. The van der Waals surface area contributed by atoms with Crippen molar-refractivity contribution >= 4 is 5.97 Å². The second-order valence-electron chi connectivity index (χ2n) is 9.12. The van der Waals surface area contributed by atoms with Gasteiger partial charge in [0, 0.05) is 11.1 Å². The van der Waals surface area contributed by atoms with Gasteiger partial charge in [-0.3, -0.25) is 4.79 Å². The van der Waals surface area contributed by atoms with Crippen LogP contribution in [-0.2, 0) is 21.4 Å². The predicted octanol–water partition coefficient (Wildman–Crippen LogP) is 5.01. The van der Waals surface area contributed by atoms with Crippen LogP contribution in [0.25, 0.3) is 0 Å². The molecule has 1 unspecified atom stereocenters. The number of ether oxygens (including phenoxy) is 3. The van der Waals surface area contributed by atoms with Crippen molar-refractivity contribution in [2.24, 2.45) is 11.3 Å². The minimum absolute atomic E-state index is 0.0824. The largest absolute Gasteiger partial charge is 0.493 e. The third-order valence-electron chi connectivity index (χ3n) is 7.01. The van der Waals surface area contributed by atoms with Gasteiger partial charge in [0.05, 0.1) is 21.3 Å². The maximum atomic E-state index is 13.3. The number of carbonyl (C=O) groups is 1. The molecule has 0 bridgehead atoms. The van der Waals surface area contributed by atoms with Crippen molar-refractivity contribution in [3.05, 3.63) is 22.8 Å². The molecule has 3 rings (SSSR count). The molecule has 27 heavy (non-hydrogen) atoms. The Labute approximate surface area is 163 Å². The number of aryl methyl sites for hydroxylation is 1. The van der Waals surface area contributed by atoms with Crippen LogP contribution in [-0.4, -0.2) is 27.3 Å². The lowest BCUT2D eigenvalue weighted by Gasteiger charge is -2.54. The van der Waals surface area contributed by atoms with Gasteiger partial charge in [0.15, 0.2) is 11.5 Å². The summed E-state index contributed by atoms with van der Waals surface area (Å²) in [7, 11) is 4.88. The van der Waals surface area contributed by atoms with E-state index in [9.17, 15) is 4.79 Å². The Morgan fingerprint density at radius 3 is 2.33 bits per heavy atom. The number of methoxy groups -OCH3 is 3. The molecule has 4 heteroatoms. The van der Waals surface area contributed by atoms with Crippen LogP contribution in [0.2, 0.25) is 0 Å². The zero-order valence-electron chi connectivity index (χ0n) is 17.9. The van der Waals surface area contributed by atoms with E-state index in [1.165, 1.54) is 12.7 Å². The van der Waals surface area contributed by atoms with Gasteiger partial charge < -0.3 is 14.2 Å². The summed E-state index contributed by atoms with van der Waals surface area (Å²) in [5.41, 5.74) is 2.80. The van der Waals surface area contributed by atoms with Gasteiger partial charge in [0.2, 0.25) is 0 Å². The van der Waals surface area contributed by atoms with Crippen LogP contribution in [0.1, 0.15) is 76.0 Å². The maximum Gasteiger partial charge on any atom is 0.316 e. The summed E-state index contributed by atoms with van der Waals surface area (Å²) in [5, 5.41) is 0. The molecule has 0 aromatic heterocycles. The van der Waals surface area contributed by atoms with Crippen molar-refractivity contribution in [2.75, 3.05) is 21.3 Å². The van der Waals surface area contributed by atoms with Gasteiger partial charge in [-0.25, -0.2) is 0 Å². The minimum Gasteiger partial charge on any atom is -0.493 e. The van der Waals surface area contributed by atoms with Crippen molar-refractivity contribution in [1.82, 2.24) is 0 Å². The average Bonchev–Trinajstić information content (AvgIpc) is 2.64. The Morgan fingerprint density at radius 2 is 1.78 bits per heavy atom. The highest BCUT2D eigenvalue weighted by molar-refractivity contribution is 5.87. The van der Waals surface area contributed by atoms with Gasteiger partial charge >= 0.3 is 5.97 Å². The van der Waals surface area contributed by atoms with Gasteiger partial charge in [-0.1, -0.05) is 40.2 Å². The van der Waals surface area contributed by atoms with Gasteiger partial charge in [-0.05, 0) is 48.5 Å². The molecule has 0 saturated heterocycles. The first-order valence-corrected chi connectivity index (χ1v) is 10.1. The summed E-state index contributed by atoms with van der Waals surface area (Å²) in [6, 6.07) is 2.24. The number of hydrogen-bond donors (Lipinski definition) is 0. The lowest BCUT2D eigenvalue weighted by atomic mass is 9.49. The SMILES string of the molecule is COC(=O)[C@]12CCCC(C)(C)C1CCc1cc(C(C)C)c(OC)c(OC)c12. The normalized spacial score (nSPS) is 26.1. The van der Waals surface area contributed by atoms with Gasteiger partial charge in [0.25, 0.3) is 0 Å². The van der Waals surface area contributed by atoms with Gasteiger partial charge in [-0.15, -0.1) is 0 Å². The van der Waals surface area contributed by atoms with Crippen LogP contribution in [0.4, 0.5) is 0 Å². The molecule has 0 spiro atoms. The molecule has 0 heterocycles. The second-order valence-corrected chi connectivity index (χ2v) is 9.12. The molecule has 2 atom stereocenters. The van der Waals surface area contributed by atoms with Gasteiger partial charge in [-0.2, -0.15) is 0 Å². The standard InChI is InChI=1S/C23H34O4/c1-14(2)16-13-15-9-10-17-22(3,4)11-8-12-23(17,21(24)27-7)18(15)20(26-6)19(16)25-5/h13-14,17H,8-12H2,1-7H3/t17?,23-/m1/s1. The van der Waals surface area contributed by atoms with Crippen LogP contribution < -0.4 is 9.47 Å². The van der Waals surface area contributed by atoms with E-state index in [1.54, 1.807) is 14.2 Å². The zero-order valence-corrected chi connectivity index (χ0v) is 17.9. The average molecular weight is 375 g/mol. The van der Waals surface area contributed by atoms with E-state index >= 15 is 0 Å². The van der Waals surface area contributed by atoms with Crippen molar-refractivity contribution in [2.45, 2.75) is 71.1 Å². The molecule has 0 amide bonds. The quantitative estimate of drug-likeness (QED) is 0.695. The number of benzene rings is 1. The topological polar surface area (TPSA) is 44.8 Å². The summed E-state index contributed by atoms with van der Waals surface area (Å²) in [6.45, 7) is 8.92. The first-order valence-electron chi connectivity index (χ1n) is 10.1. The lowest BCUT2D eigenvalue weighted by Crippen LogP contribution is -2.55. The van der Waals surface area contributed by atoms with Crippen molar-refractivity contribution < 1.29 is 19.0 Å². The van der Waals surface area contributed by atoms with Crippen LogP contribution in [0.3, 0.4) is 0 Å². The molecule has 4 nitrogen and oxygen atoms in total. The molecule has 0 radical (unpaired) electrons. The second kappa shape index (κ2) is 7.03. The smallest absolute Gasteiger partial charge is 0.316 e. The minimum atomic E-state index is -0.655. The number of esters is 1. The number of fused-ring (bicyclic) bond motifs is 3. The third kappa shape index (κ3) is 2.83. The Kier molecular flexibility index (Phi) is 5.22. The number of rotatable bonds is 4. The highest BCUT2D eigenvalue weighted by Crippen LogP contribution is 2.61. The summed E-state index contributed by atoms with van der Waals surface area (Å²) in [4.78, 5) is 13.3. The Bertz CT molecular complexity index is 734. The number of hydrogen-bond acceptors (Lipinski definition) is 4. The number of carbonyl (C=O) groups excluding carboxylic acids is 1. The molecule has 1 saturated carbocycles. The first kappa shape index (κ1) is 20.0. The molecule has 150 valence electrons. The van der Waals surface area contributed by atoms with E-state index in [0.717, 1.165) is 54.7 Å². The van der Waals surface area contributed by atoms with Crippen molar-refractivity contribution in [3.8, 4) is 11.5 Å². The molecule has 1 aromatic carbocycles. The highest BCUT2D eigenvalue weighted by Gasteiger charge is 2.59. The van der Waals surface area contributed by atoms with E-state index in [2.05, 4.69) is 33.8 Å². The summed E-state index contributed by atoms with van der Waals surface area (Å²) in [6.07, 6.45) is 4.91. The Balaban J connectivity index is 2.37. The van der Waals surface area contributed by atoms with E-state index in [4.69, 9.17) is 14.2 Å². The van der Waals surface area contributed by atoms with Crippen LogP contribution in [0, 0.1) is 11.3 Å². The highest BCUT2D eigenvalue weighted by atomic mass is 16.5. The van der Waals surface area contributed by atoms with Crippen LogP contribution >= 0.6 is 0 Å². The first-order chi connectivity index (χ1) is 12.7. The van der Waals surface area contributed by atoms with E-state index in [0.29, 0.717) is 5.92 Å². The van der Waals surface area contributed by atoms with E-state index in [1.807, 2.05) is 0 Å². The Hall–Kier alpha value is -1.71. The third-order valence-corrected chi connectivity index (χ3v) is 7.01. The maximum absolute atomic E-state index is 13.3. The molecule has 0 aliphatic heterocycles. The molecule has 2 aliphatic rings. The van der Waals surface area contributed by atoms with E-state index in [-0.39, 0.29) is 17.3 Å². The fourth-order valence-corrected chi connectivity index (χ4v) is 5.84. The summed E-state index contributed by atoms with van der Waals surface area (Å²) >= 11 is 0. The van der Waals surface area contributed by atoms with Crippen molar-refractivity contribution in [3.63, 3.8) is 0 Å². The molecule has 1 aromatic rings. The van der Waals surface area contributed by atoms with Crippen LogP contribution in [0.15, 0.2) is 6.07 Å². The summed E-state index contributed by atoms with van der Waals surface area (Å²) in [5.74, 6) is 1.92. The fraction of sp³-hybridized carbons (Fsp3) is 0.696. The van der Waals surface area contributed by atoms with Crippen LogP contribution in [0.5, 0.6) is 11.5 Å². The monoisotopic (exact) mass is 374 g/mol. The van der Waals surface area contributed by atoms with Gasteiger partial charge in [0.1, 0.15) is 5.41 Å². The molecular weight excluding hydrogens is 340 g/mol. The molecular formula is C23H34O4. The van der Waals surface area contributed by atoms with E-state index < -0.39 is 5.41 Å². The lowest BCUT2D eigenvalue weighted by molar-refractivity contribution is -0.156. The van der Waals surface area contributed by atoms with Crippen molar-refractivity contribution in [1.29, 1.82) is 0 Å². The molecule has 0 N–H and O–H groups in total.